The number of hydrogen-bond acceptors (Lipinski definition) is 2. The Hall–Kier alpha value is -8.72. The molecule has 14 aromatic rings. The van der Waals surface area contributed by atoms with Crippen LogP contribution in [0.15, 0.2) is 182 Å². The van der Waals surface area contributed by atoms with Gasteiger partial charge in [-0.2, -0.15) is 0 Å². The van der Waals surface area contributed by atoms with Gasteiger partial charge < -0.3 is 0 Å². The third-order valence-corrected chi connectivity index (χ3v) is 16.4. The first-order valence-electron chi connectivity index (χ1n) is 24.5. The summed E-state index contributed by atoms with van der Waals surface area (Å²) in [5.74, 6) is 0. The summed E-state index contributed by atoms with van der Waals surface area (Å²) in [6.07, 6.45) is 3.87. The molecular weight excluding hydrogens is 845 g/mol. The third kappa shape index (κ3) is 4.82. The van der Waals surface area contributed by atoms with Gasteiger partial charge in [-0.25, -0.2) is 0 Å². The number of fused-ring (bicyclic) bond motifs is 19. The fourth-order valence-corrected chi connectivity index (χ4v) is 13.4. The summed E-state index contributed by atoms with van der Waals surface area (Å²) in [7, 11) is 0. The zero-order chi connectivity index (χ0) is 46.3. The molecule has 0 unspecified atom stereocenters. The van der Waals surface area contributed by atoms with Crippen LogP contribution in [-0.2, 0) is 0 Å². The zero-order valence-electron chi connectivity index (χ0n) is 39.2. The molecule has 0 atom stereocenters. The molecule has 0 saturated heterocycles. The number of nitrogens with zero attached hydrogens (tertiary/aromatic N) is 2. The van der Waals surface area contributed by atoms with Crippen LogP contribution in [0, 0.1) is 27.7 Å². The summed E-state index contributed by atoms with van der Waals surface area (Å²) in [5, 5.41) is 23.0. The Morgan fingerprint density at radius 1 is 0.243 bits per heavy atom. The summed E-state index contributed by atoms with van der Waals surface area (Å²) in [4.78, 5) is 9.96. The van der Waals surface area contributed by atoms with Gasteiger partial charge in [0, 0.05) is 34.6 Å². The fourth-order valence-electron chi connectivity index (χ4n) is 13.4. The van der Waals surface area contributed by atoms with E-state index in [0.29, 0.717) is 0 Å². The lowest BCUT2D eigenvalue weighted by Gasteiger charge is -2.20. The lowest BCUT2D eigenvalue weighted by molar-refractivity contribution is 1.34. The highest BCUT2D eigenvalue weighted by Crippen LogP contribution is 2.54. The van der Waals surface area contributed by atoms with Crippen LogP contribution in [0.3, 0.4) is 0 Å². The van der Waals surface area contributed by atoms with Crippen molar-refractivity contribution in [2.75, 3.05) is 0 Å². The van der Waals surface area contributed by atoms with E-state index in [4.69, 9.17) is 9.97 Å². The van der Waals surface area contributed by atoms with E-state index < -0.39 is 0 Å². The smallest absolute Gasteiger partial charge is 0.0787 e. The van der Waals surface area contributed by atoms with Gasteiger partial charge in [-0.1, -0.05) is 133 Å². The first-order valence-corrected chi connectivity index (χ1v) is 24.5. The summed E-state index contributed by atoms with van der Waals surface area (Å²) in [6, 6.07) is 65.0. The van der Waals surface area contributed by atoms with Crippen LogP contribution in [0.5, 0.6) is 0 Å². The van der Waals surface area contributed by atoms with Crippen molar-refractivity contribution >= 4 is 97.0 Å². The minimum Gasteiger partial charge on any atom is -0.256 e. The number of pyridine rings is 2. The van der Waals surface area contributed by atoms with E-state index in [-0.39, 0.29) is 0 Å². The molecule has 0 aliphatic heterocycles. The Morgan fingerprint density at radius 2 is 0.629 bits per heavy atom. The third-order valence-electron chi connectivity index (χ3n) is 16.4. The average molecular weight is 887 g/mol. The topological polar surface area (TPSA) is 25.8 Å². The van der Waals surface area contributed by atoms with Crippen molar-refractivity contribution in [3.05, 3.63) is 205 Å². The monoisotopic (exact) mass is 886 g/mol. The Morgan fingerprint density at radius 3 is 1.24 bits per heavy atom. The van der Waals surface area contributed by atoms with Gasteiger partial charge >= 0.3 is 0 Å². The van der Waals surface area contributed by atoms with E-state index in [2.05, 4.69) is 198 Å². The predicted molar refractivity (Wildman–Crippen MR) is 298 cm³/mol. The van der Waals surface area contributed by atoms with Gasteiger partial charge in [0.15, 0.2) is 0 Å². The molecule has 2 aromatic heterocycles. The maximum Gasteiger partial charge on any atom is 0.0787 e. The normalized spacial score (nSPS) is 12.6. The van der Waals surface area contributed by atoms with Gasteiger partial charge in [0.1, 0.15) is 0 Å². The van der Waals surface area contributed by atoms with Crippen molar-refractivity contribution in [3.8, 4) is 67.0 Å². The Kier molecular flexibility index (Phi) is 7.38. The molecule has 2 aliphatic carbocycles. The molecule has 2 aliphatic rings. The molecule has 0 N–H and O–H groups in total. The fraction of sp³-hybridized carbons (Fsp3) is 0.0588. The van der Waals surface area contributed by atoms with Gasteiger partial charge in [-0.15, -0.1) is 0 Å². The maximum absolute atomic E-state index is 4.98. The van der Waals surface area contributed by atoms with Gasteiger partial charge in [-0.3, -0.25) is 9.97 Å². The summed E-state index contributed by atoms with van der Waals surface area (Å²) in [6.45, 7) is 8.98. The van der Waals surface area contributed by atoms with Crippen molar-refractivity contribution < 1.29 is 0 Å². The number of benzene rings is 12. The second kappa shape index (κ2) is 13.5. The van der Waals surface area contributed by atoms with Crippen LogP contribution in [0.4, 0.5) is 0 Å². The van der Waals surface area contributed by atoms with Crippen molar-refractivity contribution in [2.24, 2.45) is 0 Å². The zero-order valence-corrected chi connectivity index (χ0v) is 39.2. The molecule has 0 saturated carbocycles. The quantitative estimate of drug-likeness (QED) is 0.162. The second-order valence-electron chi connectivity index (χ2n) is 20.1. The highest BCUT2D eigenvalue weighted by atomic mass is 14.7. The highest BCUT2D eigenvalue weighted by Gasteiger charge is 2.29. The highest BCUT2D eigenvalue weighted by molar-refractivity contribution is 6.32. The largest absolute Gasteiger partial charge is 0.256 e. The van der Waals surface area contributed by atoms with E-state index in [0.717, 1.165) is 11.4 Å². The molecule has 0 amide bonds. The Labute approximate surface area is 404 Å². The molecular formula is C68H42N2. The minimum atomic E-state index is 1.08. The Balaban J connectivity index is 0.979. The molecule has 2 heteroatoms. The second-order valence-corrected chi connectivity index (χ2v) is 20.1. The molecule has 0 bridgehead atoms. The number of rotatable bonds is 2. The molecule has 70 heavy (non-hydrogen) atoms. The molecule has 2 nitrogen and oxygen atoms in total. The van der Waals surface area contributed by atoms with E-state index in [9.17, 15) is 0 Å². The van der Waals surface area contributed by atoms with Crippen LogP contribution < -0.4 is 0 Å². The van der Waals surface area contributed by atoms with Crippen LogP contribution >= 0.6 is 0 Å². The molecule has 16 rings (SSSR count). The van der Waals surface area contributed by atoms with Gasteiger partial charge in [-0.05, 0) is 217 Å². The van der Waals surface area contributed by atoms with E-state index in [1.165, 1.54) is 175 Å². The average Bonchev–Trinajstić information content (AvgIpc) is 3.92. The summed E-state index contributed by atoms with van der Waals surface area (Å²) < 4.78 is 0. The van der Waals surface area contributed by atoms with Gasteiger partial charge in [0.05, 0.1) is 11.4 Å². The molecule has 0 fully saturated rings. The lowest BCUT2D eigenvalue weighted by Crippen LogP contribution is -1.93. The van der Waals surface area contributed by atoms with E-state index in [1.54, 1.807) is 0 Å². The minimum absolute atomic E-state index is 1.08. The van der Waals surface area contributed by atoms with Gasteiger partial charge in [0.2, 0.25) is 0 Å². The van der Waals surface area contributed by atoms with Crippen LogP contribution in [0.25, 0.3) is 164 Å². The first kappa shape index (κ1) is 38.3. The number of aromatic nitrogens is 2. The lowest BCUT2D eigenvalue weighted by atomic mass is 9.83. The molecule has 0 spiro atoms. The standard InChI is InChI=1S/C68H42N2/c1-35-17-21-45-51(29-35)58(31-57-48-24-20-38(4)64-50-16-10-28-70-68(50)61(66(48)64)34-56(45)57)54-30-53-41-13-7-8-14-42(41)59(32-55(53)40-12-6-5-11-39(40)54)62-36(2)18-22-43-46(62)26-25-44-47-23-19-37(3)63-49-15-9-27-69-67(49)60(65(47)63)33-52(43)44/h5-34H,1-4H3. The van der Waals surface area contributed by atoms with E-state index >= 15 is 0 Å². The first-order chi connectivity index (χ1) is 34.4. The molecule has 2 heterocycles. The SMILES string of the molecule is Cc1ccc2c(c1)c(-c1cc3c4ccccc4c(-c4c(C)ccc5c4ccc4c6ccc(C)c7c6c(cc54)-c4ncccc4-7)cc3c3ccccc13)cc1c3ccc(C)c4c3c(cc21)-c1ncccc1-4. The van der Waals surface area contributed by atoms with Crippen molar-refractivity contribution in [2.45, 2.75) is 27.7 Å². The summed E-state index contributed by atoms with van der Waals surface area (Å²) >= 11 is 0. The molecule has 0 radical (unpaired) electrons. The maximum atomic E-state index is 4.98. The van der Waals surface area contributed by atoms with Crippen LogP contribution in [0.2, 0.25) is 0 Å². The Bertz CT molecular complexity index is 4800. The van der Waals surface area contributed by atoms with E-state index in [1.807, 2.05) is 12.4 Å². The molecule has 12 aromatic carbocycles. The predicted octanol–water partition coefficient (Wildman–Crippen LogP) is 18.7. The van der Waals surface area contributed by atoms with Crippen molar-refractivity contribution in [3.63, 3.8) is 0 Å². The van der Waals surface area contributed by atoms with Crippen LogP contribution in [-0.4, -0.2) is 9.97 Å². The summed E-state index contributed by atoms with van der Waals surface area (Å²) in [5.41, 5.74) is 19.9. The van der Waals surface area contributed by atoms with Gasteiger partial charge in [0.25, 0.3) is 0 Å². The molecule has 324 valence electrons. The number of hydrogen-bond donors (Lipinski definition) is 0. The number of aryl methyl sites for hydroxylation is 4. The van der Waals surface area contributed by atoms with Crippen molar-refractivity contribution in [1.82, 2.24) is 9.97 Å². The van der Waals surface area contributed by atoms with Crippen LogP contribution in [0.1, 0.15) is 22.3 Å². The van der Waals surface area contributed by atoms with Crippen molar-refractivity contribution in [1.29, 1.82) is 0 Å².